The van der Waals surface area contributed by atoms with E-state index in [-0.39, 0.29) is 0 Å². The molecule has 0 heterocycles. The van der Waals surface area contributed by atoms with Crippen molar-refractivity contribution < 1.29 is 0 Å². The third kappa shape index (κ3) is 3.93. The molecule has 0 aliphatic heterocycles. The van der Waals surface area contributed by atoms with Gasteiger partial charge in [0.1, 0.15) is 15.0 Å². The molecule has 0 N–H and O–H groups in total. The molecule has 0 fully saturated rings. The van der Waals surface area contributed by atoms with Crippen molar-refractivity contribution in [3.8, 4) is 0 Å². The quantitative estimate of drug-likeness (QED) is 0.311. The topological polar surface area (TPSA) is 0 Å². The summed E-state index contributed by atoms with van der Waals surface area (Å²) in [6.07, 6.45) is 0. The second-order valence-electron chi connectivity index (χ2n) is 1.31. The molecule has 0 aromatic heterocycles. The molecule has 0 rings (SSSR count). The molecule has 0 saturated heterocycles. The van der Waals surface area contributed by atoms with Crippen molar-refractivity contribution in [2.24, 2.45) is 0 Å². The normalized spacial score (nSPS) is 6.40. The van der Waals surface area contributed by atoms with Crippen LogP contribution in [0, 0.1) is 0 Å². The molecule has 0 aliphatic carbocycles. The van der Waals surface area contributed by atoms with Gasteiger partial charge < -0.3 is 0 Å². The largest absolute Gasteiger partial charge is 0.157 e. The van der Waals surface area contributed by atoms with Gasteiger partial charge in [-0.3, -0.25) is 0 Å². The molecule has 0 aromatic rings. The first-order chi connectivity index (χ1) is 2.27. The fraction of sp³-hybridized carbons (Fsp3) is 0. The molecule has 0 amide bonds. The number of hydrogen-bond donors (Lipinski definition) is 0. The highest BCUT2D eigenvalue weighted by atomic mass is 13.3. The smallest absolute Gasteiger partial charge is 0.120 e. The summed E-state index contributed by atoms with van der Waals surface area (Å²) >= 11 is 0. The van der Waals surface area contributed by atoms with Crippen LogP contribution >= 0.6 is 0 Å². The first-order valence-electron chi connectivity index (χ1n) is 1.91. The molecule has 0 atom stereocenters. The maximum Gasteiger partial charge on any atom is 0.120 e. The molecule has 0 radical (unpaired) electrons. The second-order valence-corrected chi connectivity index (χ2v) is 1.31. The van der Waals surface area contributed by atoms with Crippen LogP contribution < -0.4 is 0 Å². The predicted molar refractivity (Wildman–Crippen MR) is 33.4 cm³/mol. The summed E-state index contributed by atoms with van der Waals surface area (Å²) in [6.45, 7) is 3.67. The molecule has 0 nitrogen and oxygen atoms in total. The van der Waals surface area contributed by atoms with E-state index in [1.165, 1.54) is 5.37 Å². The molecule has 3 heteroatoms. The Morgan fingerprint density at radius 2 is 2.00 bits per heavy atom. The summed E-state index contributed by atoms with van der Waals surface area (Å²) in [5, 5.41) is 1.25. The maximum atomic E-state index is 3.67. The van der Waals surface area contributed by atoms with Crippen LogP contribution in [0.5, 0.6) is 0 Å². The Balaban J connectivity index is 2.85. The third-order valence-electron chi connectivity index (χ3n) is 0.604. The van der Waals surface area contributed by atoms with E-state index in [4.69, 9.17) is 0 Å². The van der Waals surface area contributed by atoms with Crippen LogP contribution in [0.25, 0.3) is 0 Å². The monoisotopic (exact) mass is 64.1 g/mol. The van der Waals surface area contributed by atoms with Crippen molar-refractivity contribution in [2.75, 3.05) is 0 Å². The summed E-state index contributed by atoms with van der Waals surface area (Å²) in [7, 11) is 5.24. The van der Waals surface area contributed by atoms with Crippen LogP contribution in [-0.4, -0.2) is 22.8 Å². The average molecular weight is 63.5 g/mol. The van der Waals surface area contributed by atoms with Crippen molar-refractivity contribution in [3.05, 3.63) is 12.0 Å². The molecular formula is C2H7B3. The third-order valence-corrected chi connectivity index (χ3v) is 0.604. The Hall–Kier alpha value is -0.0652. The molecule has 0 bridgehead atoms. The average Bonchev–Trinajstić information content (AvgIpc) is 1.38. The van der Waals surface area contributed by atoms with Gasteiger partial charge in [-0.05, 0) is 0 Å². The van der Waals surface area contributed by atoms with Crippen LogP contribution in [-0.2, 0) is 0 Å². The summed E-state index contributed by atoms with van der Waals surface area (Å²) < 4.78 is 0. The Morgan fingerprint density at radius 1 is 1.80 bits per heavy atom. The van der Waals surface area contributed by atoms with Gasteiger partial charge in [0.15, 0.2) is 0 Å². The van der Waals surface area contributed by atoms with Crippen molar-refractivity contribution in [3.63, 3.8) is 0 Å². The van der Waals surface area contributed by atoms with Gasteiger partial charge in [0.25, 0.3) is 0 Å². The molecule has 0 unspecified atom stereocenters. The van der Waals surface area contributed by atoms with Gasteiger partial charge in [0.05, 0.1) is 7.74 Å². The summed E-state index contributed by atoms with van der Waals surface area (Å²) in [6, 6.07) is 0. The number of hydrogen-bond acceptors (Lipinski definition) is 0. The molecular weight excluding hydrogens is 56.5 g/mol. The standard InChI is InChI=1S/C2H7B3/c1-2(3)5-4/h5H,1,3-4H2. The van der Waals surface area contributed by atoms with Gasteiger partial charge in [0, 0.05) is 0 Å². The highest BCUT2D eigenvalue weighted by Gasteiger charge is 1.72. The van der Waals surface area contributed by atoms with Gasteiger partial charge in [-0.1, -0.05) is 0 Å². The van der Waals surface area contributed by atoms with E-state index in [1.54, 1.807) is 0 Å². The van der Waals surface area contributed by atoms with Crippen LogP contribution in [0.1, 0.15) is 0 Å². The zero-order valence-corrected chi connectivity index (χ0v) is 3.91. The van der Waals surface area contributed by atoms with E-state index in [9.17, 15) is 0 Å². The molecule has 24 valence electrons. The van der Waals surface area contributed by atoms with Gasteiger partial charge in [-0.15, -0.1) is 6.58 Å². The highest BCUT2D eigenvalue weighted by Crippen LogP contribution is 1.64. The predicted octanol–water partition coefficient (Wildman–Crippen LogP) is -1.92. The lowest BCUT2D eigenvalue weighted by Gasteiger charge is -1.76. The van der Waals surface area contributed by atoms with Crippen molar-refractivity contribution in [2.45, 2.75) is 0 Å². The van der Waals surface area contributed by atoms with E-state index in [1.807, 2.05) is 7.85 Å². The Bertz CT molecular complexity index is 40.2. The van der Waals surface area contributed by atoms with Gasteiger partial charge in [-0.25, -0.2) is 0 Å². The Kier molecular flexibility index (Phi) is 2.16. The summed E-state index contributed by atoms with van der Waals surface area (Å²) in [4.78, 5) is 0. The second kappa shape index (κ2) is 2.19. The molecule has 0 saturated carbocycles. The molecule has 5 heavy (non-hydrogen) atoms. The van der Waals surface area contributed by atoms with E-state index in [0.29, 0.717) is 0 Å². The van der Waals surface area contributed by atoms with Gasteiger partial charge in [-0.2, -0.15) is 5.37 Å². The van der Waals surface area contributed by atoms with Crippen LogP contribution in [0.2, 0.25) is 0 Å². The minimum atomic E-state index is 1.11. The maximum absolute atomic E-state index is 3.67. The highest BCUT2D eigenvalue weighted by molar-refractivity contribution is 6.98. The number of rotatable bonds is 1. The Labute approximate surface area is 35.7 Å². The lowest BCUT2D eigenvalue weighted by molar-refractivity contribution is 2.42. The van der Waals surface area contributed by atoms with E-state index < -0.39 is 0 Å². The van der Waals surface area contributed by atoms with Gasteiger partial charge >= 0.3 is 0 Å². The minimum Gasteiger partial charge on any atom is -0.157 e. The zero-order valence-electron chi connectivity index (χ0n) is 3.91. The van der Waals surface area contributed by atoms with E-state index >= 15 is 0 Å². The molecule has 0 spiro atoms. The fourth-order valence-corrected chi connectivity index (χ4v) is 0. The lowest BCUT2D eigenvalue weighted by atomic mass is 9.46. The minimum absolute atomic E-state index is 1.11. The van der Waals surface area contributed by atoms with Crippen molar-refractivity contribution >= 4 is 22.8 Å². The van der Waals surface area contributed by atoms with Crippen molar-refractivity contribution in [1.82, 2.24) is 0 Å². The first kappa shape index (κ1) is 4.93. The van der Waals surface area contributed by atoms with Crippen LogP contribution in [0.15, 0.2) is 12.0 Å². The van der Waals surface area contributed by atoms with Crippen molar-refractivity contribution in [1.29, 1.82) is 0 Å². The summed E-state index contributed by atoms with van der Waals surface area (Å²) in [5.41, 5.74) is 0. The first-order valence-corrected chi connectivity index (χ1v) is 1.91. The lowest BCUT2D eigenvalue weighted by Crippen LogP contribution is -1.90. The Morgan fingerprint density at radius 3 is 2.00 bits per heavy atom. The molecule has 0 aliphatic rings. The van der Waals surface area contributed by atoms with Crippen LogP contribution in [0.4, 0.5) is 0 Å². The van der Waals surface area contributed by atoms with Gasteiger partial charge in [0.2, 0.25) is 0 Å². The molecule has 0 aromatic carbocycles. The van der Waals surface area contributed by atoms with E-state index in [0.717, 1.165) is 7.17 Å². The zero-order chi connectivity index (χ0) is 4.28. The van der Waals surface area contributed by atoms with E-state index in [2.05, 4.69) is 14.3 Å². The fourth-order valence-electron chi connectivity index (χ4n) is 0. The summed E-state index contributed by atoms with van der Waals surface area (Å²) in [5.74, 6) is 0. The van der Waals surface area contributed by atoms with Crippen LogP contribution in [0.3, 0.4) is 0 Å². The SMILES string of the molecule is BBC(B)=C.